The van der Waals surface area contributed by atoms with Gasteiger partial charge in [-0.2, -0.15) is 0 Å². The van der Waals surface area contributed by atoms with E-state index >= 15 is 0 Å². The largest absolute Gasteiger partial charge is 0.317 e. The maximum absolute atomic E-state index is 3.45. The van der Waals surface area contributed by atoms with E-state index in [0.717, 1.165) is 12.5 Å². The van der Waals surface area contributed by atoms with Crippen molar-refractivity contribution in [3.8, 4) is 0 Å². The predicted octanol–water partition coefficient (Wildman–Crippen LogP) is 2.20. The van der Waals surface area contributed by atoms with Crippen LogP contribution in [0.25, 0.3) is 0 Å². The molecule has 0 radical (unpaired) electrons. The van der Waals surface area contributed by atoms with Crippen molar-refractivity contribution < 1.29 is 0 Å². The van der Waals surface area contributed by atoms with Gasteiger partial charge in [0.2, 0.25) is 0 Å². The molecule has 0 saturated carbocycles. The fourth-order valence-electron chi connectivity index (χ4n) is 2.80. The van der Waals surface area contributed by atoms with Crippen LogP contribution >= 0.6 is 11.3 Å². The van der Waals surface area contributed by atoms with E-state index in [0.29, 0.717) is 0 Å². The number of hydrogen-bond donors (Lipinski definition) is 1. The molecule has 0 unspecified atom stereocenters. The Morgan fingerprint density at radius 2 is 2.19 bits per heavy atom. The Hall–Kier alpha value is -0.380. The summed E-state index contributed by atoms with van der Waals surface area (Å²) in [6.07, 6.45) is 3.92. The molecule has 2 aliphatic rings. The van der Waals surface area contributed by atoms with E-state index in [4.69, 9.17) is 0 Å². The standard InChI is InChI=1S/C13H20N2S/c1-15-7-4-12-11(9-15)8-13(16-12)10-2-5-14-6-3-10/h8,10,14H,2-7,9H2,1H3. The summed E-state index contributed by atoms with van der Waals surface area (Å²) in [6, 6.07) is 2.49. The first-order valence-corrected chi connectivity index (χ1v) is 7.15. The number of nitrogens with zero attached hydrogens (tertiary/aromatic N) is 1. The van der Waals surface area contributed by atoms with Crippen molar-refractivity contribution in [1.29, 1.82) is 0 Å². The maximum Gasteiger partial charge on any atom is 0.0241 e. The van der Waals surface area contributed by atoms with Crippen molar-refractivity contribution >= 4 is 11.3 Å². The molecular formula is C13H20N2S. The Kier molecular flexibility index (Phi) is 3.01. The van der Waals surface area contributed by atoms with Crippen LogP contribution in [0.1, 0.15) is 34.1 Å². The highest BCUT2D eigenvalue weighted by atomic mass is 32.1. The molecule has 0 aliphatic carbocycles. The highest BCUT2D eigenvalue weighted by Crippen LogP contribution is 2.35. The first-order valence-electron chi connectivity index (χ1n) is 6.33. The zero-order valence-corrected chi connectivity index (χ0v) is 10.8. The minimum atomic E-state index is 0.835. The van der Waals surface area contributed by atoms with Crippen molar-refractivity contribution in [1.82, 2.24) is 10.2 Å². The van der Waals surface area contributed by atoms with E-state index in [1.54, 1.807) is 15.3 Å². The van der Waals surface area contributed by atoms with Crippen LogP contribution in [0.15, 0.2) is 6.07 Å². The highest BCUT2D eigenvalue weighted by molar-refractivity contribution is 7.12. The van der Waals surface area contributed by atoms with Gasteiger partial charge in [-0.3, -0.25) is 0 Å². The fourth-order valence-corrected chi connectivity index (χ4v) is 4.14. The normalized spacial score (nSPS) is 23.3. The molecule has 3 heterocycles. The maximum atomic E-state index is 3.45. The van der Waals surface area contributed by atoms with Crippen molar-refractivity contribution in [2.24, 2.45) is 0 Å². The van der Waals surface area contributed by atoms with Gasteiger partial charge in [0.05, 0.1) is 0 Å². The predicted molar refractivity (Wildman–Crippen MR) is 69.2 cm³/mol. The molecule has 16 heavy (non-hydrogen) atoms. The van der Waals surface area contributed by atoms with Crippen molar-refractivity contribution in [2.75, 3.05) is 26.7 Å². The van der Waals surface area contributed by atoms with Crippen LogP contribution < -0.4 is 5.32 Å². The van der Waals surface area contributed by atoms with Gasteiger partial charge in [0.25, 0.3) is 0 Å². The third-order valence-electron chi connectivity index (χ3n) is 3.82. The highest BCUT2D eigenvalue weighted by Gasteiger charge is 2.21. The molecule has 0 aromatic carbocycles. The van der Waals surface area contributed by atoms with E-state index in [1.165, 1.54) is 38.9 Å². The Labute approximate surface area is 102 Å². The summed E-state index contributed by atoms with van der Waals surface area (Å²) >= 11 is 2.09. The Bertz CT molecular complexity index is 366. The number of likely N-dealkylation sites (N-methyl/N-ethyl adjacent to an activating group) is 1. The topological polar surface area (TPSA) is 15.3 Å². The van der Waals surface area contributed by atoms with Crippen molar-refractivity contribution in [3.63, 3.8) is 0 Å². The summed E-state index contributed by atoms with van der Waals surface area (Å²) in [5, 5.41) is 3.45. The molecule has 0 atom stereocenters. The average Bonchev–Trinajstić information content (AvgIpc) is 2.73. The van der Waals surface area contributed by atoms with Crippen LogP contribution in [-0.2, 0) is 13.0 Å². The van der Waals surface area contributed by atoms with Gasteiger partial charge in [0.15, 0.2) is 0 Å². The fraction of sp³-hybridized carbons (Fsp3) is 0.692. The number of nitrogens with one attached hydrogen (secondary N) is 1. The second-order valence-corrected chi connectivity index (χ2v) is 6.28. The van der Waals surface area contributed by atoms with E-state index in [1.807, 2.05) is 0 Å². The van der Waals surface area contributed by atoms with Gasteiger partial charge in [0, 0.05) is 22.8 Å². The molecule has 0 spiro atoms. The second kappa shape index (κ2) is 4.47. The SMILES string of the molecule is CN1CCc2sc(C3CCNCC3)cc2C1. The van der Waals surface area contributed by atoms with E-state index in [9.17, 15) is 0 Å². The molecular weight excluding hydrogens is 216 g/mol. The van der Waals surface area contributed by atoms with Gasteiger partial charge in [-0.1, -0.05) is 0 Å². The van der Waals surface area contributed by atoms with Gasteiger partial charge < -0.3 is 10.2 Å². The van der Waals surface area contributed by atoms with Crippen molar-refractivity contribution in [3.05, 3.63) is 21.4 Å². The molecule has 1 fully saturated rings. The molecule has 2 nitrogen and oxygen atoms in total. The lowest BCUT2D eigenvalue weighted by molar-refractivity contribution is 0.315. The second-order valence-electron chi connectivity index (χ2n) is 5.11. The van der Waals surface area contributed by atoms with Gasteiger partial charge in [-0.15, -0.1) is 11.3 Å². The van der Waals surface area contributed by atoms with Gasteiger partial charge in [-0.05, 0) is 56.9 Å². The molecule has 1 N–H and O–H groups in total. The zero-order valence-electron chi connectivity index (χ0n) is 9.96. The summed E-state index contributed by atoms with van der Waals surface area (Å²) < 4.78 is 0. The molecule has 88 valence electrons. The molecule has 2 aliphatic heterocycles. The first-order chi connectivity index (χ1) is 7.83. The summed E-state index contributed by atoms with van der Waals surface area (Å²) in [5.41, 5.74) is 1.60. The lowest BCUT2D eigenvalue weighted by atomic mass is 9.95. The summed E-state index contributed by atoms with van der Waals surface area (Å²) in [5.74, 6) is 0.835. The van der Waals surface area contributed by atoms with Crippen LogP contribution in [-0.4, -0.2) is 31.6 Å². The molecule has 3 rings (SSSR count). The number of hydrogen-bond acceptors (Lipinski definition) is 3. The number of piperidine rings is 1. The summed E-state index contributed by atoms with van der Waals surface area (Å²) in [6.45, 7) is 4.80. The summed E-state index contributed by atoms with van der Waals surface area (Å²) in [7, 11) is 2.23. The molecule has 1 aromatic heterocycles. The minimum absolute atomic E-state index is 0.835. The van der Waals surface area contributed by atoms with Crippen LogP contribution in [0, 0.1) is 0 Å². The number of fused-ring (bicyclic) bond motifs is 1. The number of rotatable bonds is 1. The Morgan fingerprint density at radius 1 is 1.38 bits per heavy atom. The zero-order chi connectivity index (χ0) is 11.0. The Morgan fingerprint density at radius 3 is 3.00 bits per heavy atom. The van der Waals surface area contributed by atoms with Crippen LogP contribution in [0.4, 0.5) is 0 Å². The molecule has 0 bridgehead atoms. The lowest BCUT2D eigenvalue weighted by Gasteiger charge is -2.21. The quantitative estimate of drug-likeness (QED) is 0.804. The van der Waals surface area contributed by atoms with E-state index < -0.39 is 0 Å². The van der Waals surface area contributed by atoms with Crippen LogP contribution in [0.2, 0.25) is 0 Å². The van der Waals surface area contributed by atoms with Gasteiger partial charge in [0.1, 0.15) is 0 Å². The number of thiophene rings is 1. The third-order valence-corrected chi connectivity index (χ3v) is 5.22. The summed E-state index contributed by atoms with van der Waals surface area (Å²) in [4.78, 5) is 5.75. The van der Waals surface area contributed by atoms with Crippen molar-refractivity contribution in [2.45, 2.75) is 31.7 Å². The van der Waals surface area contributed by atoms with Crippen LogP contribution in [0.3, 0.4) is 0 Å². The average molecular weight is 236 g/mol. The minimum Gasteiger partial charge on any atom is -0.317 e. The van der Waals surface area contributed by atoms with E-state index in [2.05, 4.69) is 34.7 Å². The molecule has 1 saturated heterocycles. The first kappa shape index (κ1) is 10.8. The third kappa shape index (κ3) is 2.04. The van der Waals surface area contributed by atoms with Crippen LogP contribution in [0.5, 0.6) is 0 Å². The van der Waals surface area contributed by atoms with Gasteiger partial charge in [-0.25, -0.2) is 0 Å². The Balaban J connectivity index is 1.80. The molecule has 0 amide bonds. The van der Waals surface area contributed by atoms with E-state index in [-0.39, 0.29) is 0 Å². The lowest BCUT2D eigenvalue weighted by Crippen LogP contribution is -2.26. The van der Waals surface area contributed by atoms with Gasteiger partial charge >= 0.3 is 0 Å². The molecule has 3 heteroatoms. The smallest absolute Gasteiger partial charge is 0.0241 e. The molecule has 1 aromatic rings. The monoisotopic (exact) mass is 236 g/mol.